The zero-order chi connectivity index (χ0) is 15.2. The molecule has 0 saturated carbocycles. The molecular formula is C14H11F3N4. The average Bonchev–Trinajstić information content (AvgIpc) is 2.83. The molecule has 2 heterocycles. The fourth-order valence-corrected chi connectivity index (χ4v) is 2.11. The Kier molecular flexibility index (Phi) is 2.86. The highest BCUT2D eigenvalue weighted by Crippen LogP contribution is 2.31. The van der Waals surface area contributed by atoms with Crippen LogP contribution in [-0.4, -0.2) is 14.6 Å². The highest BCUT2D eigenvalue weighted by Gasteiger charge is 2.31. The lowest BCUT2D eigenvalue weighted by atomic mass is 10.1. The predicted octanol–water partition coefficient (Wildman–Crippen LogP) is 3.31. The smallest absolute Gasteiger partial charge is 0.398 e. The van der Waals surface area contributed by atoms with Crippen LogP contribution in [0.2, 0.25) is 0 Å². The van der Waals surface area contributed by atoms with Gasteiger partial charge in [0.2, 0.25) is 0 Å². The van der Waals surface area contributed by atoms with Crippen molar-refractivity contribution in [1.29, 1.82) is 0 Å². The molecule has 0 aliphatic heterocycles. The van der Waals surface area contributed by atoms with Crippen molar-refractivity contribution >= 4 is 11.3 Å². The van der Waals surface area contributed by atoms with Crippen LogP contribution in [-0.2, 0) is 6.18 Å². The number of hydrogen-bond donors (Lipinski definition) is 1. The van der Waals surface area contributed by atoms with E-state index in [4.69, 9.17) is 5.73 Å². The molecule has 0 saturated heterocycles. The van der Waals surface area contributed by atoms with Gasteiger partial charge >= 0.3 is 6.18 Å². The SMILES string of the molecule is Cc1ccc(N)c(-c2nnc3ccc(C(F)(F)F)cn23)c1. The van der Waals surface area contributed by atoms with Gasteiger partial charge in [0.25, 0.3) is 0 Å². The Morgan fingerprint density at radius 2 is 1.86 bits per heavy atom. The lowest BCUT2D eigenvalue weighted by Crippen LogP contribution is -2.06. The number of pyridine rings is 1. The van der Waals surface area contributed by atoms with Gasteiger partial charge < -0.3 is 5.73 Å². The summed E-state index contributed by atoms with van der Waals surface area (Å²) in [6.07, 6.45) is -3.44. The van der Waals surface area contributed by atoms with Gasteiger partial charge in [0.1, 0.15) is 0 Å². The number of benzene rings is 1. The van der Waals surface area contributed by atoms with Gasteiger partial charge in [-0.25, -0.2) is 0 Å². The molecule has 108 valence electrons. The molecule has 4 nitrogen and oxygen atoms in total. The zero-order valence-corrected chi connectivity index (χ0v) is 11.0. The van der Waals surface area contributed by atoms with Crippen LogP contribution in [0.25, 0.3) is 17.0 Å². The molecule has 0 aliphatic rings. The van der Waals surface area contributed by atoms with Gasteiger partial charge in [-0.05, 0) is 31.2 Å². The Morgan fingerprint density at radius 1 is 1.10 bits per heavy atom. The van der Waals surface area contributed by atoms with Gasteiger partial charge in [0.05, 0.1) is 5.56 Å². The minimum Gasteiger partial charge on any atom is -0.398 e. The number of hydrogen-bond acceptors (Lipinski definition) is 3. The van der Waals surface area contributed by atoms with Crippen LogP contribution in [0.5, 0.6) is 0 Å². The van der Waals surface area contributed by atoms with Crippen molar-refractivity contribution in [3.8, 4) is 11.4 Å². The van der Waals surface area contributed by atoms with E-state index in [-0.39, 0.29) is 5.82 Å². The molecule has 0 spiro atoms. The molecule has 0 unspecified atom stereocenters. The van der Waals surface area contributed by atoms with E-state index in [1.54, 1.807) is 12.1 Å². The fourth-order valence-electron chi connectivity index (χ4n) is 2.11. The van der Waals surface area contributed by atoms with Gasteiger partial charge in [-0.15, -0.1) is 10.2 Å². The summed E-state index contributed by atoms with van der Waals surface area (Å²) in [5.41, 5.74) is 7.39. The van der Waals surface area contributed by atoms with Crippen molar-refractivity contribution < 1.29 is 13.2 Å². The van der Waals surface area contributed by atoms with E-state index in [0.717, 1.165) is 17.8 Å². The van der Waals surface area contributed by atoms with E-state index < -0.39 is 11.7 Å². The first-order valence-corrected chi connectivity index (χ1v) is 6.15. The van der Waals surface area contributed by atoms with E-state index in [9.17, 15) is 13.2 Å². The average molecular weight is 292 g/mol. The molecule has 21 heavy (non-hydrogen) atoms. The molecule has 0 fully saturated rings. The van der Waals surface area contributed by atoms with Crippen LogP contribution < -0.4 is 5.73 Å². The Hall–Kier alpha value is -2.57. The molecule has 3 rings (SSSR count). The van der Waals surface area contributed by atoms with Crippen LogP contribution in [0.3, 0.4) is 0 Å². The van der Waals surface area contributed by atoms with Crippen LogP contribution in [0.4, 0.5) is 18.9 Å². The second-order valence-electron chi connectivity index (χ2n) is 4.76. The number of aromatic nitrogens is 3. The number of aryl methyl sites for hydroxylation is 1. The highest BCUT2D eigenvalue weighted by atomic mass is 19.4. The van der Waals surface area contributed by atoms with Gasteiger partial charge in [0.15, 0.2) is 11.5 Å². The summed E-state index contributed by atoms with van der Waals surface area (Å²) in [4.78, 5) is 0. The normalized spacial score (nSPS) is 12.0. The standard InChI is InChI=1S/C14H11F3N4/c1-8-2-4-11(18)10(6-8)13-20-19-12-5-3-9(7-21(12)13)14(15,16)17/h2-7H,18H2,1H3. The Labute approximate surface area is 118 Å². The van der Waals surface area contributed by atoms with Crippen molar-refractivity contribution in [2.75, 3.05) is 5.73 Å². The van der Waals surface area contributed by atoms with Gasteiger partial charge in [-0.1, -0.05) is 11.6 Å². The molecular weight excluding hydrogens is 281 g/mol. The van der Waals surface area contributed by atoms with Crippen molar-refractivity contribution in [2.45, 2.75) is 13.1 Å². The molecule has 0 amide bonds. The fraction of sp³-hybridized carbons (Fsp3) is 0.143. The third-order valence-corrected chi connectivity index (χ3v) is 3.18. The number of nitrogens with zero attached hydrogens (tertiary/aromatic N) is 3. The van der Waals surface area contributed by atoms with Crippen molar-refractivity contribution in [3.05, 3.63) is 47.7 Å². The lowest BCUT2D eigenvalue weighted by Gasteiger charge is -2.09. The molecule has 1 aromatic carbocycles. The van der Waals surface area contributed by atoms with Gasteiger partial charge in [0, 0.05) is 17.4 Å². The second kappa shape index (κ2) is 4.47. The van der Waals surface area contributed by atoms with E-state index in [2.05, 4.69) is 10.2 Å². The maximum Gasteiger partial charge on any atom is 0.417 e. The Balaban J connectivity index is 2.26. The number of fused-ring (bicyclic) bond motifs is 1. The molecule has 0 radical (unpaired) electrons. The second-order valence-corrected chi connectivity index (χ2v) is 4.76. The molecule has 2 N–H and O–H groups in total. The van der Waals surface area contributed by atoms with Crippen LogP contribution in [0.15, 0.2) is 36.5 Å². The predicted molar refractivity (Wildman–Crippen MR) is 72.6 cm³/mol. The monoisotopic (exact) mass is 292 g/mol. The molecule has 3 aromatic rings. The number of rotatable bonds is 1. The lowest BCUT2D eigenvalue weighted by molar-refractivity contribution is -0.137. The largest absolute Gasteiger partial charge is 0.417 e. The summed E-state index contributed by atoms with van der Waals surface area (Å²) in [5, 5.41) is 7.84. The summed E-state index contributed by atoms with van der Waals surface area (Å²) in [6, 6.07) is 7.55. The van der Waals surface area contributed by atoms with Gasteiger partial charge in [-0.2, -0.15) is 13.2 Å². The summed E-state index contributed by atoms with van der Waals surface area (Å²) >= 11 is 0. The van der Waals surface area contributed by atoms with E-state index in [1.807, 2.05) is 13.0 Å². The minimum atomic E-state index is -4.42. The molecule has 2 aromatic heterocycles. The van der Waals surface area contributed by atoms with E-state index >= 15 is 0 Å². The minimum absolute atomic E-state index is 0.289. The number of anilines is 1. The summed E-state index contributed by atoms with van der Waals surface area (Å²) in [6.45, 7) is 1.87. The quantitative estimate of drug-likeness (QED) is 0.700. The maximum atomic E-state index is 12.8. The molecule has 0 bridgehead atoms. The van der Waals surface area contributed by atoms with Crippen LogP contribution in [0, 0.1) is 6.92 Å². The van der Waals surface area contributed by atoms with Crippen molar-refractivity contribution in [3.63, 3.8) is 0 Å². The maximum absolute atomic E-state index is 12.8. The first-order valence-electron chi connectivity index (χ1n) is 6.15. The Morgan fingerprint density at radius 3 is 2.57 bits per heavy atom. The van der Waals surface area contributed by atoms with Crippen molar-refractivity contribution in [1.82, 2.24) is 14.6 Å². The first-order chi connectivity index (χ1) is 9.86. The highest BCUT2D eigenvalue weighted by molar-refractivity contribution is 5.73. The third kappa shape index (κ3) is 2.31. The summed E-state index contributed by atoms with van der Waals surface area (Å²) in [7, 11) is 0. The third-order valence-electron chi connectivity index (χ3n) is 3.18. The number of halogens is 3. The van der Waals surface area contributed by atoms with Crippen molar-refractivity contribution in [2.24, 2.45) is 0 Å². The molecule has 0 aliphatic carbocycles. The van der Waals surface area contributed by atoms with E-state index in [0.29, 0.717) is 16.9 Å². The summed E-state index contributed by atoms with van der Waals surface area (Å²) in [5.74, 6) is 0.289. The summed E-state index contributed by atoms with van der Waals surface area (Å²) < 4.78 is 39.8. The van der Waals surface area contributed by atoms with E-state index in [1.165, 1.54) is 10.5 Å². The first kappa shape index (κ1) is 13.4. The van der Waals surface area contributed by atoms with Gasteiger partial charge in [-0.3, -0.25) is 4.40 Å². The number of nitrogens with two attached hydrogens (primary N) is 1. The molecule has 7 heteroatoms. The zero-order valence-electron chi connectivity index (χ0n) is 11.0. The molecule has 0 atom stereocenters. The topological polar surface area (TPSA) is 56.2 Å². The van der Waals surface area contributed by atoms with Crippen LogP contribution >= 0.6 is 0 Å². The number of nitrogen functional groups attached to an aromatic ring is 1. The Bertz CT molecular complexity index is 821. The number of alkyl halides is 3. The van der Waals surface area contributed by atoms with Crippen LogP contribution in [0.1, 0.15) is 11.1 Å².